The number of hydrogen-bond donors (Lipinski definition) is 2. The lowest BCUT2D eigenvalue weighted by atomic mass is 10.2. The van der Waals surface area contributed by atoms with Gasteiger partial charge in [0.1, 0.15) is 5.75 Å². The molecule has 0 spiro atoms. The Morgan fingerprint density at radius 3 is 2.82 bits per heavy atom. The minimum absolute atomic E-state index is 0.271. The van der Waals surface area contributed by atoms with Gasteiger partial charge in [0.2, 0.25) is 0 Å². The van der Waals surface area contributed by atoms with Gasteiger partial charge >= 0.3 is 0 Å². The molecule has 0 aliphatic heterocycles. The minimum Gasteiger partial charge on any atom is -0.508 e. The molecule has 90 valence electrons. The summed E-state index contributed by atoms with van der Waals surface area (Å²) in [5, 5.41) is 15.6. The average molecular weight is 333 g/mol. The Morgan fingerprint density at radius 1 is 1.29 bits per heavy atom. The average Bonchev–Trinajstić information content (AvgIpc) is 2.70. The summed E-state index contributed by atoms with van der Waals surface area (Å²) in [6.07, 6.45) is 0. The topological polar surface area (TPSA) is 32.3 Å². The summed E-state index contributed by atoms with van der Waals surface area (Å²) in [6.45, 7) is 1.36. The van der Waals surface area contributed by atoms with Gasteiger partial charge in [0.25, 0.3) is 0 Å². The number of thiophene rings is 1. The second-order valence-corrected chi connectivity index (χ2v) is 5.86. The maximum absolute atomic E-state index is 9.64. The van der Waals surface area contributed by atoms with Gasteiger partial charge in [-0.2, -0.15) is 0 Å². The Bertz CT molecular complexity index is 515. The Balaban J connectivity index is 1.94. The Labute approximate surface area is 117 Å². The summed E-state index contributed by atoms with van der Waals surface area (Å²) in [5.74, 6) is 0.271. The summed E-state index contributed by atoms with van der Waals surface area (Å²) in [4.78, 5) is 1.24. The van der Waals surface area contributed by atoms with Gasteiger partial charge in [0, 0.05) is 33.0 Å². The number of phenolic OH excluding ortho intramolecular Hbond substituents is 1. The number of hydrogen-bond acceptors (Lipinski definition) is 3. The van der Waals surface area contributed by atoms with Gasteiger partial charge < -0.3 is 10.4 Å². The molecule has 0 fully saturated rings. The molecule has 17 heavy (non-hydrogen) atoms. The van der Waals surface area contributed by atoms with E-state index in [4.69, 9.17) is 11.6 Å². The molecule has 2 aromatic rings. The van der Waals surface area contributed by atoms with E-state index in [-0.39, 0.29) is 5.75 Å². The first-order valence-electron chi connectivity index (χ1n) is 5.07. The minimum atomic E-state index is 0.271. The second-order valence-electron chi connectivity index (χ2n) is 3.57. The Kier molecular flexibility index (Phi) is 4.45. The largest absolute Gasteiger partial charge is 0.508 e. The summed E-state index contributed by atoms with van der Waals surface area (Å²) in [6, 6.07) is 7.09. The van der Waals surface area contributed by atoms with E-state index in [0.29, 0.717) is 11.6 Å². The fourth-order valence-electron chi connectivity index (χ4n) is 1.46. The monoisotopic (exact) mass is 331 g/mol. The molecule has 2 rings (SSSR count). The lowest BCUT2D eigenvalue weighted by Crippen LogP contribution is -2.12. The molecule has 0 atom stereocenters. The van der Waals surface area contributed by atoms with Crippen molar-refractivity contribution in [1.82, 2.24) is 5.32 Å². The molecule has 1 aromatic heterocycles. The van der Waals surface area contributed by atoms with Crippen LogP contribution in [0.4, 0.5) is 0 Å². The van der Waals surface area contributed by atoms with Crippen LogP contribution in [0.25, 0.3) is 0 Å². The molecule has 2 N–H and O–H groups in total. The molecule has 0 amide bonds. The van der Waals surface area contributed by atoms with Crippen molar-refractivity contribution in [1.29, 1.82) is 0 Å². The second kappa shape index (κ2) is 5.87. The van der Waals surface area contributed by atoms with Crippen LogP contribution in [-0.2, 0) is 13.1 Å². The Hall–Kier alpha value is -0.550. The van der Waals surface area contributed by atoms with Crippen molar-refractivity contribution in [3.63, 3.8) is 0 Å². The quantitative estimate of drug-likeness (QED) is 0.881. The molecule has 0 saturated carbocycles. The highest BCUT2D eigenvalue weighted by molar-refractivity contribution is 9.10. The molecule has 0 aliphatic rings. The van der Waals surface area contributed by atoms with Crippen molar-refractivity contribution in [3.8, 4) is 5.75 Å². The molecule has 0 saturated heterocycles. The standard InChI is InChI=1S/C12H11BrClNOS/c13-10-3-4-17-12(10)7-15-6-8-5-9(14)1-2-11(8)16/h1-5,15-16H,6-7H2. The molecular formula is C12H11BrClNOS. The maximum atomic E-state index is 9.64. The lowest BCUT2D eigenvalue weighted by molar-refractivity contribution is 0.464. The highest BCUT2D eigenvalue weighted by Crippen LogP contribution is 2.24. The number of phenols is 1. The fraction of sp³-hybridized carbons (Fsp3) is 0.167. The summed E-state index contributed by atoms with van der Waals surface area (Å²) < 4.78 is 1.12. The highest BCUT2D eigenvalue weighted by atomic mass is 79.9. The van der Waals surface area contributed by atoms with Crippen LogP contribution in [0.15, 0.2) is 34.1 Å². The first-order chi connectivity index (χ1) is 8.16. The summed E-state index contributed by atoms with van der Waals surface area (Å²) in [5.41, 5.74) is 0.810. The van der Waals surface area contributed by atoms with Crippen molar-refractivity contribution >= 4 is 38.9 Å². The lowest BCUT2D eigenvalue weighted by Gasteiger charge is -2.06. The number of halogens is 2. The van der Waals surface area contributed by atoms with E-state index < -0.39 is 0 Å². The van der Waals surface area contributed by atoms with Gasteiger partial charge in [-0.1, -0.05) is 11.6 Å². The van der Waals surface area contributed by atoms with E-state index in [2.05, 4.69) is 21.2 Å². The van der Waals surface area contributed by atoms with E-state index in [1.165, 1.54) is 4.88 Å². The molecule has 0 aliphatic carbocycles. The highest BCUT2D eigenvalue weighted by Gasteiger charge is 2.04. The third-order valence-corrected chi connectivity index (χ3v) is 4.50. The molecule has 0 unspecified atom stereocenters. The van der Waals surface area contributed by atoms with Crippen LogP contribution in [0, 0.1) is 0 Å². The molecular weight excluding hydrogens is 322 g/mol. The van der Waals surface area contributed by atoms with Crippen LogP contribution in [0.5, 0.6) is 5.75 Å². The van der Waals surface area contributed by atoms with Crippen LogP contribution < -0.4 is 5.32 Å². The van der Waals surface area contributed by atoms with Gasteiger partial charge in [0.15, 0.2) is 0 Å². The van der Waals surface area contributed by atoms with E-state index in [1.54, 1.807) is 29.5 Å². The van der Waals surface area contributed by atoms with Crippen molar-refractivity contribution in [2.24, 2.45) is 0 Å². The third kappa shape index (κ3) is 3.45. The Morgan fingerprint density at radius 2 is 2.12 bits per heavy atom. The third-order valence-electron chi connectivity index (χ3n) is 2.33. The summed E-state index contributed by atoms with van der Waals surface area (Å²) >= 11 is 11.0. The van der Waals surface area contributed by atoms with Crippen LogP contribution in [-0.4, -0.2) is 5.11 Å². The van der Waals surface area contributed by atoms with E-state index in [0.717, 1.165) is 16.6 Å². The van der Waals surface area contributed by atoms with Crippen LogP contribution >= 0.6 is 38.9 Å². The SMILES string of the molecule is Oc1ccc(Cl)cc1CNCc1sccc1Br. The van der Waals surface area contributed by atoms with Gasteiger partial charge in [-0.3, -0.25) is 0 Å². The fourth-order valence-corrected chi connectivity index (χ4v) is 3.11. The number of aromatic hydroxyl groups is 1. The zero-order valence-electron chi connectivity index (χ0n) is 8.91. The molecule has 0 radical (unpaired) electrons. The van der Waals surface area contributed by atoms with E-state index in [1.807, 2.05) is 11.4 Å². The predicted molar refractivity (Wildman–Crippen MR) is 75.7 cm³/mol. The normalized spacial score (nSPS) is 10.7. The van der Waals surface area contributed by atoms with Crippen molar-refractivity contribution in [2.75, 3.05) is 0 Å². The predicted octanol–water partition coefficient (Wildman–Crippen LogP) is 4.16. The van der Waals surface area contributed by atoms with Crippen LogP contribution in [0.2, 0.25) is 5.02 Å². The van der Waals surface area contributed by atoms with Gasteiger partial charge in [0.05, 0.1) is 0 Å². The molecule has 1 heterocycles. The van der Waals surface area contributed by atoms with Gasteiger partial charge in [-0.15, -0.1) is 11.3 Å². The van der Waals surface area contributed by atoms with Gasteiger partial charge in [-0.25, -0.2) is 0 Å². The molecule has 2 nitrogen and oxygen atoms in total. The molecule has 5 heteroatoms. The van der Waals surface area contributed by atoms with Crippen molar-refractivity contribution < 1.29 is 5.11 Å². The van der Waals surface area contributed by atoms with E-state index in [9.17, 15) is 5.11 Å². The van der Waals surface area contributed by atoms with Crippen molar-refractivity contribution in [2.45, 2.75) is 13.1 Å². The zero-order chi connectivity index (χ0) is 12.3. The van der Waals surface area contributed by atoms with Gasteiger partial charge in [-0.05, 0) is 45.6 Å². The van der Waals surface area contributed by atoms with E-state index >= 15 is 0 Å². The smallest absolute Gasteiger partial charge is 0.120 e. The first-order valence-corrected chi connectivity index (χ1v) is 7.12. The zero-order valence-corrected chi connectivity index (χ0v) is 12.1. The number of benzene rings is 1. The number of rotatable bonds is 4. The summed E-state index contributed by atoms with van der Waals surface area (Å²) in [7, 11) is 0. The first kappa shape index (κ1) is 12.9. The van der Waals surface area contributed by atoms with Crippen LogP contribution in [0.3, 0.4) is 0 Å². The number of nitrogens with one attached hydrogen (secondary N) is 1. The maximum Gasteiger partial charge on any atom is 0.120 e. The molecule has 1 aromatic carbocycles. The van der Waals surface area contributed by atoms with Crippen molar-refractivity contribution in [3.05, 3.63) is 49.6 Å². The molecule has 0 bridgehead atoms. The van der Waals surface area contributed by atoms with Crippen LogP contribution in [0.1, 0.15) is 10.4 Å².